The lowest BCUT2D eigenvalue weighted by Gasteiger charge is -2.24. The van der Waals surface area contributed by atoms with Crippen LogP contribution in [0.5, 0.6) is 0 Å². The van der Waals surface area contributed by atoms with Crippen LogP contribution in [0.2, 0.25) is 5.02 Å². The van der Waals surface area contributed by atoms with Crippen molar-refractivity contribution < 1.29 is 13.6 Å². The summed E-state index contributed by atoms with van der Waals surface area (Å²) < 4.78 is 26.2. The molecule has 0 radical (unpaired) electrons. The number of carbonyl (C=O) groups excluding carboxylic acids is 1. The number of imidazole rings is 1. The lowest BCUT2D eigenvalue weighted by atomic mass is 10.1. The number of benzene rings is 2. The average molecular weight is 479 g/mol. The van der Waals surface area contributed by atoms with Crippen LogP contribution in [0.4, 0.5) is 0 Å². The van der Waals surface area contributed by atoms with E-state index in [1.807, 2.05) is 42.9 Å². The van der Waals surface area contributed by atoms with Gasteiger partial charge in [0.25, 0.3) is 5.91 Å². The van der Waals surface area contributed by atoms with Gasteiger partial charge in [-0.2, -0.15) is 0 Å². The Kier molecular flexibility index (Phi) is 8.16. The molecule has 1 heterocycles. The lowest BCUT2D eigenvalue weighted by molar-refractivity contribution is 0.0857. The predicted octanol–water partition coefficient (Wildman–Crippen LogP) is 5.19. The highest BCUT2D eigenvalue weighted by atomic mass is 35.5. The first kappa shape index (κ1) is 23.8. The molecule has 0 aliphatic carbocycles. The standard InChI is InChI=1S/C22H26ClN3O3S2/c1-4-5-6-11-26(31(28)29)22(27)16-8-10-20-21(12-16)25(15(2)24-20)14-17-7-9-18(30-3)13-19(17)23/h7-10,12-13H,4-6,11,14H2,1-3H3,(H,28,29)/p-1. The van der Waals surface area contributed by atoms with E-state index in [9.17, 15) is 13.6 Å². The Bertz CT molecular complexity index is 1120. The molecular weight excluding hydrogens is 454 g/mol. The minimum Gasteiger partial charge on any atom is -0.755 e. The second-order valence-corrected chi connectivity index (χ2v) is 9.40. The Hall–Kier alpha value is -1.87. The van der Waals surface area contributed by atoms with Crippen LogP contribution in [0.1, 0.15) is 47.9 Å². The number of nitrogens with zero attached hydrogens (tertiary/aromatic N) is 3. The molecule has 0 aliphatic rings. The molecule has 2 aromatic carbocycles. The van der Waals surface area contributed by atoms with Gasteiger partial charge in [-0.15, -0.1) is 11.8 Å². The van der Waals surface area contributed by atoms with Crippen LogP contribution >= 0.6 is 23.4 Å². The summed E-state index contributed by atoms with van der Waals surface area (Å²) in [6.07, 6.45) is 4.44. The van der Waals surface area contributed by atoms with Gasteiger partial charge < -0.3 is 9.12 Å². The zero-order chi connectivity index (χ0) is 22.5. The molecule has 0 N–H and O–H groups in total. The first-order chi connectivity index (χ1) is 14.8. The maximum atomic E-state index is 12.9. The van der Waals surface area contributed by atoms with E-state index in [2.05, 4.69) is 4.98 Å². The SMILES string of the molecule is CCCCCN(C(=O)c1ccc2nc(C)n(Cc3ccc(SC)cc3Cl)c2c1)S(=O)[O-]. The van der Waals surface area contributed by atoms with Crippen LogP contribution in [0.25, 0.3) is 11.0 Å². The van der Waals surface area contributed by atoms with E-state index in [0.29, 0.717) is 23.6 Å². The van der Waals surface area contributed by atoms with Gasteiger partial charge in [0.1, 0.15) is 5.82 Å². The summed E-state index contributed by atoms with van der Waals surface area (Å²) in [5.74, 6) is 0.260. The minimum atomic E-state index is -2.62. The van der Waals surface area contributed by atoms with Crippen molar-refractivity contribution in [3.8, 4) is 0 Å². The molecule has 0 saturated carbocycles. The molecule has 3 aromatic rings. The quantitative estimate of drug-likeness (QED) is 0.240. The van der Waals surface area contributed by atoms with Crippen LogP contribution in [-0.2, 0) is 17.8 Å². The molecule has 6 nitrogen and oxygen atoms in total. The Morgan fingerprint density at radius 3 is 2.68 bits per heavy atom. The first-order valence-electron chi connectivity index (χ1n) is 10.1. The Balaban J connectivity index is 1.94. The summed E-state index contributed by atoms with van der Waals surface area (Å²) in [6.45, 7) is 4.60. The van der Waals surface area contributed by atoms with Crippen molar-refractivity contribution in [3.63, 3.8) is 0 Å². The van der Waals surface area contributed by atoms with Crippen LogP contribution in [-0.4, -0.2) is 41.3 Å². The van der Waals surface area contributed by atoms with Gasteiger partial charge in [-0.05, 0) is 55.5 Å². The van der Waals surface area contributed by atoms with E-state index < -0.39 is 17.2 Å². The van der Waals surface area contributed by atoms with E-state index >= 15 is 0 Å². The van der Waals surface area contributed by atoms with Crippen molar-refractivity contribution >= 4 is 51.6 Å². The second kappa shape index (κ2) is 10.6. The molecule has 0 bridgehead atoms. The molecule has 3 rings (SSSR count). The first-order valence-corrected chi connectivity index (χ1v) is 12.7. The van der Waals surface area contributed by atoms with Crippen molar-refractivity contribution in [1.82, 2.24) is 13.9 Å². The molecule has 0 fully saturated rings. The van der Waals surface area contributed by atoms with Gasteiger partial charge in [-0.1, -0.05) is 37.4 Å². The zero-order valence-electron chi connectivity index (χ0n) is 17.8. The van der Waals surface area contributed by atoms with Gasteiger partial charge in [0.15, 0.2) is 0 Å². The third-order valence-electron chi connectivity index (χ3n) is 5.15. The van der Waals surface area contributed by atoms with Gasteiger partial charge in [-0.25, -0.2) is 4.98 Å². The molecule has 1 aromatic heterocycles. The summed E-state index contributed by atoms with van der Waals surface area (Å²) >= 11 is 5.48. The van der Waals surface area contributed by atoms with E-state index in [0.717, 1.165) is 44.5 Å². The summed E-state index contributed by atoms with van der Waals surface area (Å²) in [6, 6.07) is 11.0. The third kappa shape index (κ3) is 5.49. The number of rotatable bonds is 9. The molecule has 1 unspecified atom stereocenters. The molecule has 1 atom stereocenters. The normalized spacial score (nSPS) is 12.3. The van der Waals surface area contributed by atoms with Crippen LogP contribution < -0.4 is 0 Å². The van der Waals surface area contributed by atoms with Gasteiger partial charge in [0, 0.05) is 33.3 Å². The van der Waals surface area contributed by atoms with Crippen LogP contribution in [0, 0.1) is 6.92 Å². The number of amides is 1. The maximum Gasteiger partial charge on any atom is 0.264 e. The van der Waals surface area contributed by atoms with Crippen molar-refractivity contribution in [3.05, 3.63) is 58.4 Å². The van der Waals surface area contributed by atoms with E-state index in [1.165, 1.54) is 0 Å². The molecule has 9 heteroatoms. The zero-order valence-corrected chi connectivity index (χ0v) is 20.1. The van der Waals surface area contributed by atoms with Crippen molar-refractivity contribution in [2.45, 2.75) is 44.6 Å². The summed E-state index contributed by atoms with van der Waals surface area (Å²) in [4.78, 5) is 18.6. The number of aryl methyl sites for hydroxylation is 1. The highest BCUT2D eigenvalue weighted by Gasteiger charge is 2.19. The summed E-state index contributed by atoms with van der Waals surface area (Å²) in [7, 11) is 0. The molecule has 1 amide bonds. The monoisotopic (exact) mass is 478 g/mol. The number of aromatic nitrogens is 2. The number of halogens is 1. The highest BCUT2D eigenvalue weighted by Crippen LogP contribution is 2.26. The fraction of sp³-hybridized carbons (Fsp3) is 0.364. The highest BCUT2D eigenvalue weighted by molar-refractivity contribution is 7.98. The van der Waals surface area contributed by atoms with E-state index in [4.69, 9.17) is 11.6 Å². The minimum absolute atomic E-state index is 0.177. The van der Waals surface area contributed by atoms with Gasteiger partial charge in [0.05, 0.1) is 17.6 Å². The number of hydrogen-bond acceptors (Lipinski definition) is 5. The Morgan fingerprint density at radius 2 is 2.03 bits per heavy atom. The lowest BCUT2D eigenvalue weighted by Crippen LogP contribution is -2.33. The van der Waals surface area contributed by atoms with Crippen molar-refractivity contribution in [2.75, 3.05) is 12.8 Å². The maximum absolute atomic E-state index is 12.9. The number of carbonyl (C=O) groups is 1. The van der Waals surface area contributed by atoms with E-state index in [1.54, 1.807) is 30.0 Å². The number of unbranched alkanes of at least 4 members (excludes halogenated alkanes) is 2. The third-order valence-corrected chi connectivity index (χ3v) is 6.93. The van der Waals surface area contributed by atoms with Gasteiger partial charge in [-0.3, -0.25) is 13.3 Å². The molecule has 0 spiro atoms. The molecule has 166 valence electrons. The fourth-order valence-electron chi connectivity index (χ4n) is 3.42. The van der Waals surface area contributed by atoms with Crippen LogP contribution in [0.15, 0.2) is 41.3 Å². The number of fused-ring (bicyclic) bond motifs is 1. The van der Waals surface area contributed by atoms with Gasteiger partial charge >= 0.3 is 0 Å². The fourth-order valence-corrected chi connectivity index (χ4v) is 4.69. The summed E-state index contributed by atoms with van der Waals surface area (Å²) in [5.41, 5.74) is 2.77. The van der Waals surface area contributed by atoms with Crippen LogP contribution in [0.3, 0.4) is 0 Å². The van der Waals surface area contributed by atoms with E-state index in [-0.39, 0.29) is 6.54 Å². The topological polar surface area (TPSA) is 78.3 Å². The largest absolute Gasteiger partial charge is 0.755 e. The Labute approximate surface area is 194 Å². The Morgan fingerprint density at radius 1 is 1.26 bits per heavy atom. The molecule has 0 saturated heterocycles. The molecule has 0 aliphatic heterocycles. The number of hydrogen-bond donors (Lipinski definition) is 0. The van der Waals surface area contributed by atoms with Crippen molar-refractivity contribution in [2.24, 2.45) is 0 Å². The second-order valence-electron chi connectivity index (χ2n) is 7.24. The number of thioether (sulfide) groups is 1. The molecule has 31 heavy (non-hydrogen) atoms. The molecular formula is C22H25ClN3O3S2-. The smallest absolute Gasteiger partial charge is 0.264 e. The summed E-state index contributed by atoms with van der Waals surface area (Å²) in [5, 5.41) is 0.671. The predicted molar refractivity (Wildman–Crippen MR) is 126 cm³/mol. The average Bonchev–Trinajstić information content (AvgIpc) is 3.06. The van der Waals surface area contributed by atoms with Gasteiger partial charge in [0.2, 0.25) is 0 Å². The van der Waals surface area contributed by atoms with Crippen molar-refractivity contribution in [1.29, 1.82) is 0 Å².